The third-order valence-corrected chi connectivity index (χ3v) is 4.89. The monoisotopic (exact) mass is 369 g/mol. The topological polar surface area (TPSA) is 135 Å². The van der Waals surface area contributed by atoms with E-state index in [1.165, 1.54) is 36.4 Å². The van der Waals surface area contributed by atoms with E-state index in [0.29, 0.717) is 0 Å². The molecule has 4 N–H and O–H groups in total. The summed E-state index contributed by atoms with van der Waals surface area (Å²) in [5.74, 6) is -0.672. The lowest BCUT2D eigenvalue weighted by atomic mass is 10.2. The van der Waals surface area contributed by atoms with E-state index in [0.717, 1.165) is 6.26 Å². The normalized spacial score (nSPS) is 11.7. The van der Waals surface area contributed by atoms with Crippen LogP contribution in [0.2, 0.25) is 0 Å². The van der Waals surface area contributed by atoms with Crippen LogP contribution in [0.5, 0.6) is 0 Å². The minimum absolute atomic E-state index is 0.0712. The van der Waals surface area contributed by atoms with Crippen molar-refractivity contribution in [2.75, 3.05) is 15.7 Å². The molecule has 0 heterocycles. The lowest BCUT2D eigenvalue weighted by Gasteiger charge is -2.13. The summed E-state index contributed by atoms with van der Waals surface area (Å²) in [6.45, 7) is 0. The first-order chi connectivity index (χ1) is 11.1. The Morgan fingerprint density at radius 1 is 0.875 bits per heavy atom. The van der Waals surface area contributed by atoms with Crippen LogP contribution in [-0.2, 0) is 20.0 Å². The van der Waals surface area contributed by atoms with Gasteiger partial charge < -0.3 is 5.73 Å². The van der Waals surface area contributed by atoms with Gasteiger partial charge in [0.05, 0.1) is 22.5 Å². The molecule has 0 aliphatic carbocycles. The van der Waals surface area contributed by atoms with E-state index < -0.39 is 26.0 Å². The van der Waals surface area contributed by atoms with Crippen LogP contribution in [0.4, 0.5) is 11.4 Å². The van der Waals surface area contributed by atoms with Gasteiger partial charge in [-0.05, 0) is 36.4 Å². The molecule has 0 atom stereocenters. The number of hydrogen-bond donors (Lipinski definition) is 3. The Morgan fingerprint density at radius 2 is 1.38 bits per heavy atom. The maximum absolute atomic E-state index is 12.4. The maximum atomic E-state index is 12.4. The van der Waals surface area contributed by atoms with Crippen LogP contribution in [0, 0.1) is 0 Å². The van der Waals surface area contributed by atoms with Crippen LogP contribution in [0.25, 0.3) is 0 Å². The maximum Gasteiger partial charge on any atom is 0.261 e. The van der Waals surface area contributed by atoms with Crippen molar-refractivity contribution >= 4 is 37.3 Å². The van der Waals surface area contributed by atoms with Gasteiger partial charge in [-0.1, -0.05) is 12.1 Å². The number of primary amides is 1. The molecule has 0 radical (unpaired) electrons. The summed E-state index contributed by atoms with van der Waals surface area (Å²) in [5, 5.41) is 0. The van der Waals surface area contributed by atoms with Gasteiger partial charge >= 0.3 is 0 Å². The Kier molecular flexibility index (Phi) is 4.81. The summed E-state index contributed by atoms with van der Waals surface area (Å²) in [7, 11) is -7.54. The molecule has 0 aromatic heterocycles. The molecular formula is C14H15N3O5S2. The quantitative estimate of drug-likeness (QED) is 0.697. The Balaban J connectivity index is 2.34. The van der Waals surface area contributed by atoms with Crippen molar-refractivity contribution in [2.24, 2.45) is 5.73 Å². The molecule has 2 rings (SSSR count). The lowest BCUT2D eigenvalue weighted by molar-refractivity contribution is 0.1000. The van der Waals surface area contributed by atoms with Crippen molar-refractivity contribution in [1.29, 1.82) is 0 Å². The summed E-state index contributed by atoms with van der Waals surface area (Å²) in [6.07, 6.45) is 0.959. The van der Waals surface area contributed by atoms with E-state index in [4.69, 9.17) is 5.73 Å². The average Bonchev–Trinajstić information content (AvgIpc) is 2.48. The number of rotatable bonds is 6. The zero-order valence-electron chi connectivity index (χ0n) is 12.6. The van der Waals surface area contributed by atoms with Gasteiger partial charge in [0, 0.05) is 5.56 Å². The Bertz CT molecular complexity index is 968. The highest BCUT2D eigenvalue weighted by Crippen LogP contribution is 2.25. The Hall–Kier alpha value is -2.59. The summed E-state index contributed by atoms with van der Waals surface area (Å²) < 4.78 is 52.0. The van der Waals surface area contributed by atoms with Crippen LogP contribution in [0.1, 0.15) is 10.4 Å². The minimum atomic E-state index is -3.97. The standard InChI is InChI=1S/C14H15N3O5S2/c1-23(19,20)16-12-4-2-3-5-13(12)17-24(21,22)11-8-6-10(7-9-11)14(15)18/h2-9,16-17H,1H3,(H2,15,18). The predicted octanol–water partition coefficient (Wildman–Crippen LogP) is 0.958. The first-order valence-electron chi connectivity index (χ1n) is 6.58. The molecule has 0 spiro atoms. The van der Waals surface area contributed by atoms with Crippen LogP contribution in [0.15, 0.2) is 53.4 Å². The van der Waals surface area contributed by atoms with Crippen molar-refractivity contribution in [2.45, 2.75) is 4.90 Å². The van der Waals surface area contributed by atoms with Crippen molar-refractivity contribution in [3.05, 3.63) is 54.1 Å². The number of nitrogens with one attached hydrogen (secondary N) is 2. The van der Waals surface area contributed by atoms with E-state index in [1.54, 1.807) is 12.1 Å². The molecule has 1 amide bonds. The molecule has 0 aliphatic heterocycles. The molecular weight excluding hydrogens is 354 g/mol. The predicted molar refractivity (Wildman–Crippen MR) is 90.7 cm³/mol. The number of para-hydroxylation sites is 2. The summed E-state index contributed by atoms with van der Waals surface area (Å²) >= 11 is 0. The third kappa shape index (κ3) is 4.46. The molecule has 0 saturated heterocycles. The van der Waals surface area contributed by atoms with Crippen molar-refractivity contribution in [1.82, 2.24) is 0 Å². The van der Waals surface area contributed by atoms with Crippen molar-refractivity contribution in [3.63, 3.8) is 0 Å². The Labute approximate surface area is 139 Å². The molecule has 128 valence electrons. The highest BCUT2D eigenvalue weighted by molar-refractivity contribution is 7.93. The van der Waals surface area contributed by atoms with Gasteiger partial charge in [0.2, 0.25) is 15.9 Å². The number of benzene rings is 2. The summed E-state index contributed by atoms with van der Waals surface area (Å²) in [6, 6.07) is 11.0. The van der Waals surface area contributed by atoms with Crippen LogP contribution >= 0.6 is 0 Å². The molecule has 0 fully saturated rings. The number of sulfonamides is 2. The van der Waals surface area contributed by atoms with Gasteiger partial charge in [-0.15, -0.1) is 0 Å². The van der Waals surface area contributed by atoms with Crippen LogP contribution < -0.4 is 15.2 Å². The van der Waals surface area contributed by atoms with E-state index in [2.05, 4.69) is 9.44 Å². The second kappa shape index (κ2) is 6.49. The molecule has 8 nitrogen and oxygen atoms in total. The van der Waals surface area contributed by atoms with Gasteiger partial charge in [0.15, 0.2) is 0 Å². The number of anilines is 2. The molecule has 0 aliphatic rings. The van der Waals surface area contributed by atoms with Gasteiger partial charge in [-0.2, -0.15) is 0 Å². The lowest BCUT2D eigenvalue weighted by Crippen LogP contribution is -2.17. The number of hydrogen-bond acceptors (Lipinski definition) is 5. The fourth-order valence-electron chi connectivity index (χ4n) is 1.86. The van der Waals surface area contributed by atoms with Gasteiger partial charge in [-0.25, -0.2) is 16.8 Å². The highest BCUT2D eigenvalue weighted by atomic mass is 32.2. The van der Waals surface area contributed by atoms with Gasteiger partial charge in [0.25, 0.3) is 10.0 Å². The Morgan fingerprint density at radius 3 is 1.83 bits per heavy atom. The molecule has 2 aromatic carbocycles. The zero-order valence-corrected chi connectivity index (χ0v) is 14.2. The zero-order chi connectivity index (χ0) is 18.0. The fourth-order valence-corrected chi connectivity index (χ4v) is 3.52. The van der Waals surface area contributed by atoms with Crippen LogP contribution in [0.3, 0.4) is 0 Å². The highest BCUT2D eigenvalue weighted by Gasteiger charge is 2.17. The molecule has 2 aromatic rings. The third-order valence-electron chi connectivity index (χ3n) is 2.92. The molecule has 0 saturated carbocycles. The number of amides is 1. The van der Waals surface area contributed by atoms with E-state index in [1.807, 2.05) is 0 Å². The van der Waals surface area contributed by atoms with E-state index in [-0.39, 0.29) is 21.8 Å². The molecule has 0 unspecified atom stereocenters. The first-order valence-corrected chi connectivity index (χ1v) is 9.95. The fraction of sp³-hybridized carbons (Fsp3) is 0.0714. The molecule has 24 heavy (non-hydrogen) atoms. The summed E-state index contributed by atoms with van der Waals surface area (Å²) in [4.78, 5) is 10.9. The van der Waals surface area contributed by atoms with Crippen LogP contribution in [-0.4, -0.2) is 29.0 Å². The second-order valence-corrected chi connectivity index (χ2v) is 8.34. The largest absolute Gasteiger partial charge is 0.366 e. The molecule has 10 heteroatoms. The number of carbonyl (C=O) groups is 1. The van der Waals surface area contributed by atoms with E-state index in [9.17, 15) is 21.6 Å². The van der Waals surface area contributed by atoms with E-state index >= 15 is 0 Å². The number of nitrogens with two attached hydrogens (primary N) is 1. The van der Waals surface area contributed by atoms with Gasteiger partial charge in [0.1, 0.15) is 0 Å². The average molecular weight is 369 g/mol. The smallest absolute Gasteiger partial charge is 0.261 e. The first kappa shape index (κ1) is 17.8. The van der Waals surface area contributed by atoms with Crippen molar-refractivity contribution < 1.29 is 21.6 Å². The second-order valence-electron chi connectivity index (χ2n) is 4.91. The molecule has 0 bridgehead atoms. The number of carbonyl (C=O) groups excluding carboxylic acids is 1. The van der Waals surface area contributed by atoms with Gasteiger partial charge in [-0.3, -0.25) is 14.2 Å². The van der Waals surface area contributed by atoms with Crippen molar-refractivity contribution in [3.8, 4) is 0 Å². The minimum Gasteiger partial charge on any atom is -0.366 e. The summed E-state index contributed by atoms with van der Waals surface area (Å²) in [5.41, 5.74) is 5.45. The SMILES string of the molecule is CS(=O)(=O)Nc1ccccc1NS(=O)(=O)c1ccc(C(N)=O)cc1.